The van der Waals surface area contributed by atoms with Gasteiger partial charge in [-0.3, -0.25) is 14.6 Å². The summed E-state index contributed by atoms with van der Waals surface area (Å²) in [6.07, 6.45) is 0.930. The number of hydrogen-bond acceptors (Lipinski definition) is 5. The van der Waals surface area contributed by atoms with Crippen LogP contribution in [0.1, 0.15) is 29.9 Å². The molecule has 6 heteroatoms. The van der Waals surface area contributed by atoms with Crippen molar-refractivity contribution >= 4 is 11.7 Å². The average Bonchev–Trinajstić information content (AvgIpc) is 2.60. The molecule has 1 aromatic carbocycles. The van der Waals surface area contributed by atoms with Crippen LogP contribution in [0.25, 0.3) is 0 Å². The molecule has 0 aliphatic rings. The van der Waals surface area contributed by atoms with Crippen LogP contribution in [0.2, 0.25) is 0 Å². The summed E-state index contributed by atoms with van der Waals surface area (Å²) in [5.74, 6) is 0.747. The Hall–Kier alpha value is -2.89. The van der Waals surface area contributed by atoms with Crippen molar-refractivity contribution in [3.8, 4) is 11.5 Å². The van der Waals surface area contributed by atoms with E-state index in [2.05, 4.69) is 10.3 Å². The van der Waals surface area contributed by atoms with Crippen molar-refractivity contribution in [3.63, 3.8) is 0 Å². The zero-order chi connectivity index (χ0) is 17.5. The molecule has 0 spiro atoms. The van der Waals surface area contributed by atoms with E-state index in [1.54, 1.807) is 56.6 Å². The third-order valence-corrected chi connectivity index (χ3v) is 3.42. The highest BCUT2D eigenvalue weighted by Gasteiger charge is 2.16. The topological polar surface area (TPSA) is 77.5 Å². The molecule has 0 aliphatic carbocycles. The molecule has 2 aromatic rings. The van der Waals surface area contributed by atoms with E-state index in [0.717, 1.165) is 0 Å². The van der Waals surface area contributed by atoms with Crippen LogP contribution in [0.5, 0.6) is 11.5 Å². The Morgan fingerprint density at radius 3 is 2.75 bits per heavy atom. The van der Waals surface area contributed by atoms with Crippen molar-refractivity contribution in [2.24, 2.45) is 0 Å². The number of rotatable bonds is 7. The van der Waals surface area contributed by atoms with Crippen molar-refractivity contribution in [3.05, 3.63) is 53.9 Å². The molecule has 0 saturated carbocycles. The number of pyridine rings is 1. The smallest absolute Gasteiger partial charge is 0.261 e. The summed E-state index contributed by atoms with van der Waals surface area (Å²) in [4.78, 5) is 27.7. The number of carbonyl (C=O) groups excluding carboxylic acids is 2. The SMILES string of the molecule is COc1cccnc1CNC(=O)[C@@H](C)Oc1cccc(C(C)=O)c1. The van der Waals surface area contributed by atoms with Gasteiger partial charge in [0.15, 0.2) is 11.9 Å². The van der Waals surface area contributed by atoms with Gasteiger partial charge < -0.3 is 14.8 Å². The molecule has 0 bridgehead atoms. The lowest BCUT2D eigenvalue weighted by Gasteiger charge is -2.15. The van der Waals surface area contributed by atoms with Crippen LogP contribution in [-0.2, 0) is 11.3 Å². The highest BCUT2D eigenvalue weighted by atomic mass is 16.5. The quantitative estimate of drug-likeness (QED) is 0.790. The van der Waals surface area contributed by atoms with E-state index in [1.807, 2.05) is 0 Å². The number of nitrogens with one attached hydrogen (secondary N) is 1. The number of carbonyl (C=O) groups is 2. The van der Waals surface area contributed by atoms with Gasteiger partial charge in [0.2, 0.25) is 0 Å². The largest absolute Gasteiger partial charge is 0.495 e. The third kappa shape index (κ3) is 4.55. The number of Topliss-reactive ketones (excluding diaryl/α,β-unsaturated/α-hetero) is 1. The van der Waals surface area contributed by atoms with Gasteiger partial charge in [0.05, 0.1) is 13.7 Å². The maximum absolute atomic E-state index is 12.2. The lowest BCUT2D eigenvalue weighted by atomic mass is 10.1. The first kappa shape index (κ1) is 17.5. The lowest BCUT2D eigenvalue weighted by molar-refractivity contribution is -0.127. The van der Waals surface area contributed by atoms with E-state index >= 15 is 0 Å². The van der Waals surface area contributed by atoms with E-state index in [0.29, 0.717) is 22.8 Å². The molecule has 0 saturated heterocycles. The van der Waals surface area contributed by atoms with Gasteiger partial charge in [0.1, 0.15) is 17.2 Å². The lowest BCUT2D eigenvalue weighted by Crippen LogP contribution is -2.36. The predicted molar refractivity (Wildman–Crippen MR) is 89.2 cm³/mol. The number of hydrogen-bond donors (Lipinski definition) is 1. The first-order valence-corrected chi connectivity index (χ1v) is 7.54. The van der Waals surface area contributed by atoms with Gasteiger partial charge in [-0.1, -0.05) is 12.1 Å². The van der Waals surface area contributed by atoms with Crippen LogP contribution in [-0.4, -0.2) is 29.9 Å². The van der Waals surface area contributed by atoms with E-state index in [4.69, 9.17) is 9.47 Å². The second-order valence-corrected chi connectivity index (χ2v) is 5.21. The summed E-state index contributed by atoms with van der Waals surface area (Å²) < 4.78 is 10.8. The van der Waals surface area contributed by atoms with Gasteiger partial charge in [-0.15, -0.1) is 0 Å². The summed E-state index contributed by atoms with van der Waals surface area (Å²) in [6, 6.07) is 10.3. The minimum absolute atomic E-state index is 0.0557. The van der Waals surface area contributed by atoms with Crippen LogP contribution in [0.4, 0.5) is 0 Å². The second kappa shape index (κ2) is 8.10. The number of methoxy groups -OCH3 is 1. The number of ketones is 1. The van der Waals surface area contributed by atoms with Gasteiger partial charge in [0.25, 0.3) is 5.91 Å². The fourth-order valence-electron chi connectivity index (χ4n) is 2.10. The van der Waals surface area contributed by atoms with Crippen LogP contribution < -0.4 is 14.8 Å². The first-order valence-electron chi connectivity index (χ1n) is 7.54. The van der Waals surface area contributed by atoms with Gasteiger partial charge in [-0.05, 0) is 38.1 Å². The molecular formula is C18H20N2O4. The molecule has 1 heterocycles. The summed E-state index contributed by atoms with van der Waals surface area (Å²) in [5.41, 5.74) is 1.18. The van der Waals surface area contributed by atoms with Gasteiger partial charge >= 0.3 is 0 Å². The molecule has 24 heavy (non-hydrogen) atoms. The van der Waals surface area contributed by atoms with E-state index in [-0.39, 0.29) is 18.2 Å². The van der Waals surface area contributed by atoms with Crippen molar-refractivity contribution in [2.75, 3.05) is 7.11 Å². The standard InChI is InChI=1S/C18H20N2O4/c1-12(21)14-6-4-7-15(10-14)24-13(2)18(22)20-11-16-17(23-3)8-5-9-19-16/h4-10,13H,11H2,1-3H3,(H,20,22)/t13-/m1/s1. The minimum atomic E-state index is -0.707. The number of benzene rings is 1. The monoisotopic (exact) mass is 328 g/mol. The van der Waals surface area contributed by atoms with Crippen molar-refractivity contribution in [2.45, 2.75) is 26.5 Å². The van der Waals surface area contributed by atoms with E-state index < -0.39 is 6.10 Å². The van der Waals surface area contributed by atoms with Crippen LogP contribution in [0, 0.1) is 0 Å². The molecule has 0 fully saturated rings. The molecule has 2 rings (SSSR count). The molecule has 0 unspecified atom stereocenters. The Labute approximate surface area is 140 Å². The predicted octanol–water partition coefficient (Wildman–Crippen LogP) is 2.38. The van der Waals surface area contributed by atoms with Crippen molar-refractivity contribution in [1.29, 1.82) is 0 Å². The molecule has 0 radical (unpaired) electrons. The van der Waals surface area contributed by atoms with Gasteiger partial charge in [-0.2, -0.15) is 0 Å². The molecule has 126 valence electrons. The molecule has 6 nitrogen and oxygen atoms in total. The molecular weight excluding hydrogens is 308 g/mol. The third-order valence-electron chi connectivity index (χ3n) is 3.42. The van der Waals surface area contributed by atoms with Crippen molar-refractivity contribution < 1.29 is 19.1 Å². The van der Waals surface area contributed by atoms with Crippen molar-refractivity contribution in [1.82, 2.24) is 10.3 Å². The highest BCUT2D eigenvalue weighted by molar-refractivity contribution is 5.94. The average molecular weight is 328 g/mol. The molecule has 0 aliphatic heterocycles. The van der Waals surface area contributed by atoms with E-state index in [9.17, 15) is 9.59 Å². The maximum Gasteiger partial charge on any atom is 0.261 e. The Balaban J connectivity index is 1.95. The summed E-state index contributed by atoms with van der Waals surface area (Å²) >= 11 is 0. The number of ether oxygens (including phenoxy) is 2. The van der Waals surface area contributed by atoms with Crippen LogP contribution in [0.3, 0.4) is 0 Å². The summed E-state index contributed by atoms with van der Waals surface area (Å²) in [7, 11) is 1.55. The molecule has 1 aromatic heterocycles. The Morgan fingerprint density at radius 1 is 1.25 bits per heavy atom. The zero-order valence-electron chi connectivity index (χ0n) is 13.9. The Bertz CT molecular complexity index is 730. The minimum Gasteiger partial charge on any atom is -0.495 e. The fraction of sp³-hybridized carbons (Fsp3) is 0.278. The Morgan fingerprint density at radius 2 is 2.04 bits per heavy atom. The summed E-state index contributed by atoms with van der Waals surface area (Å²) in [6.45, 7) is 3.37. The Kier molecular flexibility index (Phi) is 5.89. The number of nitrogens with zero attached hydrogens (tertiary/aromatic N) is 1. The molecule has 1 N–H and O–H groups in total. The highest BCUT2D eigenvalue weighted by Crippen LogP contribution is 2.16. The molecule has 1 atom stereocenters. The van der Waals surface area contributed by atoms with E-state index in [1.165, 1.54) is 6.92 Å². The first-order chi connectivity index (χ1) is 11.5. The van der Waals surface area contributed by atoms with Gasteiger partial charge in [-0.25, -0.2) is 0 Å². The van der Waals surface area contributed by atoms with Gasteiger partial charge in [0, 0.05) is 11.8 Å². The molecule has 1 amide bonds. The second-order valence-electron chi connectivity index (χ2n) is 5.21. The summed E-state index contributed by atoms with van der Waals surface area (Å²) in [5, 5.41) is 2.76. The zero-order valence-corrected chi connectivity index (χ0v) is 13.9. The normalized spacial score (nSPS) is 11.5. The van der Waals surface area contributed by atoms with Crippen LogP contribution >= 0.6 is 0 Å². The number of aromatic nitrogens is 1. The fourth-order valence-corrected chi connectivity index (χ4v) is 2.10. The van der Waals surface area contributed by atoms with Crippen LogP contribution in [0.15, 0.2) is 42.6 Å². The maximum atomic E-state index is 12.2. The number of amides is 1.